The first-order chi connectivity index (χ1) is 15.6. The van der Waals surface area contributed by atoms with Crippen molar-refractivity contribution in [1.82, 2.24) is 25.5 Å². The zero-order valence-electron chi connectivity index (χ0n) is 17.9. The molecule has 0 aliphatic carbocycles. The third kappa shape index (κ3) is 4.40. The van der Waals surface area contributed by atoms with E-state index in [1.807, 2.05) is 12.1 Å². The van der Waals surface area contributed by atoms with Crippen molar-refractivity contribution in [2.24, 2.45) is 5.92 Å². The fourth-order valence-electron chi connectivity index (χ4n) is 3.73. The van der Waals surface area contributed by atoms with Crippen molar-refractivity contribution in [2.75, 3.05) is 32.6 Å². The standard InChI is InChI=1S/C23H24N6O3/c1-4-19(30)21(15-7-8-24-12-15)27-22-20-18(28-29-23(20)26-13-25-22)6-5-14-9-16(31-2)11-17(10-14)32-3/h4,9-11,13,15,21,24H,1,7-8,12H2,2-3H3,(H2,25,26,27,28,29). The van der Waals surface area contributed by atoms with Crippen LogP contribution in [-0.4, -0.2) is 59.3 Å². The zero-order valence-corrected chi connectivity index (χ0v) is 17.9. The van der Waals surface area contributed by atoms with Crippen molar-refractivity contribution in [2.45, 2.75) is 12.5 Å². The highest BCUT2D eigenvalue weighted by molar-refractivity contribution is 5.98. The summed E-state index contributed by atoms with van der Waals surface area (Å²) < 4.78 is 10.6. The topological polar surface area (TPSA) is 114 Å². The highest BCUT2D eigenvalue weighted by Gasteiger charge is 2.30. The minimum absolute atomic E-state index is 0.0786. The molecule has 32 heavy (non-hydrogen) atoms. The van der Waals surface area contributed by atoms with E-state index in [0.29, 0.717) is 39.6 Å². The minimum atomic E-state index is -0.445. The fraction of sp³-hybridized carbons (Fsp3) is 0.304. The highest BCUT2D eigenvalue weighted by atomic mass is 16.5. The molecule has 3 heterocycles. The van der Waals surface area contributed by atoms with Gasteiger partial charge in [-0.2, -0.15) is 5.10 Å². The van der Waals surface area contributed by atoms with E-state index >= 15 is 0 Å². The summed E-state index contributed by atoms with van der Waals surface area (Å²) in [6, 6.07) is 4.95. The average molecular weight is 432 g/mol. The number of nitrogens with zero attached hydrogens (tertiary/aromatic N) is 3. The van der Waals surface area contributed by atoms with Crippen LogP contribution in [0, 0.1) is 17.8 Å². The number of hydrogen-bond acceptors (Lipinski definition) is 8. The maximum atomic E-state index is 12.6. The molecule has 0 radical (unpaired) electrons. The Kier molecular flexibility index (Phi) is 6.33. The lowest BCUT2D eigenvalue weighted by molar-refractivity contribution is -0.116. The third-order valence-corrected chi connectivity index (χ3v) is 5.40. The van der Waals surface area contributed by atoms with Crippen LogP contribution < -0.4 is 20.1 Å². The molecule has 3 aromatic rings. The van der Waals surface area contributed by atoms with Gasteiger partial charge in [0.05, 0.1) is 25.6 Å². The molecule has 2 aromatic heterocycles. The number of benzene rings is 1. The monoisotopic (exact) mass is 432 g/mol. The molecule has 1 saturated heterocycles. The summed E-state index contributed by atoms with van der Waals surface area (Å²) >= 11 is 0. The second-order valence-corrected chi connectivity index (χ2v) is 7.35. The molecule has 2 atom stereocenters. The van der Waals surface area contributed by atoms with E-state index in [9.17, 15) is 4.79 Å². The van der Waals surface area contributed by atoms with Crippen molar-refractivity contribution in [3.63, 3.8) is 0 Å². The zero-order chi connectivity index (χ0) is 22.5. The van der Waals surface area contributed by atoms with E-state index in [1.54, 1.807) is 20.3 Å². The lowest BCUT2D eigenvalue weighted by Gasteiger charge is -2.22. The maximum absolute atomic E-state index is 12.6. The van der Waals surface area contributed by atoms with Crippen LogP contribution in [0.1, 0.15) is 17.7 Å². The van der Waals surface area contributed by atoms with Gasteiger partial charge < -0.3 is 20.1 Å². The van der Waals surface area contributed by atoms with Gasteiger partial charge in [0.2, 0.25) is 0 Å². The number of hydrogen-bond donors (Lipinski definition) is 3. The quantitative estimate of drug-likeness (QED) is 0.383. The number of carbonyl (C=O) groups excluding carboxylic acids is 1. The fourth-order valence-corrected chi connectivity index (χ4v) is 3.73. The molecular weight excluding hydrogens is 408 g/mol. The molecule has 1 aromatic carbocycles. The lowest BCUT2D eigenvalue weighted by Crippen LogP contribution is -2.37. The molecule has 9 heteroatoms. The van der Waals surface area contributed by atoms with Crippen LogP contribution >= 0.6 is 0 Å². The Labute approximate surface area is 185 Å². The van der Waals surface area contributed by atoms with Gasteiger partial charge in [0.1, 0.15) is 29.3 Å². The Morgan fingerprint density at radius 1 is 1.25 bits per heavy atom. The van der Waals surface area contributed by atoms with Crippen LogP contribution in [0.3, 0.4) is 0 Å². The first-order valence-electron chi connectivity index (χ1n) is 10.2. The number of aromatic amines is 1. The molecule has 9 nitrogen and oxygen atoms in total. The SMILES string of the molecule is C=CC(=O)C(Nc1ncnc2[nH]nc(C#Cc3cc(OC)cc(OC)c3)c12)C1CCNC1. The number of carbonyl (C=O) groups is 1. The Balaban J connectivity index is 1.71. The van der Waals surface area contributed by atoms with Gasteiger partial charge >= 0.3 is 0 Å². The van der Waals surface area contributed by atoms with Crippen LogP contribution in [0.5, 0.6) is 11.5 Å². The number of ether oxygens (including phenoxy) is 2. The van der Waals surface area contributed by atoms with Gasteiger partial charge in [-0.1, -0.05) is 12.5 Å². The molecule has 0 amide bonds. The predicted molar refractivity (Wildman–Crippen MR) is 121 cm³/mol. The Morgan fingerprint density at radius 2 is 2.03 bits per heavy atom. The molecular formula is C23H24N6O3. The van der Waals surface area contributed by atoms with Gasteiger partial charge in [-0.25, -0.2) is 9.97 Å². The smallest absolute Gasteiger partial charge is 0.177 e. The number of anilines is 1. The third-order valence-electron chi connectivity index (χ3n) is 5.40. The van der Waals surface area contributed by atoms with E-state index in [-0.39, 0.29) is 11.7 Å². The van der Waals surface area contributed by atoms with Crippen LogP contribution in [0.4, 0.5) is 5.82 Å². The van der Waals surface area contributed by atoms with Gasteiger partial charge in [0.15, 0.2) is 11.4 Å². The molecule has 0 spiro atoms. The van der Waals surface area contributed by atoms with Gasteiger partial charge in [0, 0.05) is 24.1 Å². The number of H-pyrrole nitrogens is 1. The summed E-state index contributed by atoms with van der Waals surface area (Å²) in [5, 5.41) is 14.4. The molecule has 4 rings (SSSR count). The van der Waals surface area contributed by atoms with Crippen molar-refractivity contribution in [3.8, 4) is 23.3 Å². The van der Waals surface area contributed by atoms with Crippen LogP contribution in [0.2, 0.25) is 0 Å². The first-order valence-corrected chi connectivity index (χ1v) is 10.2. The van der Waals surface area contributed by atoms with Crippen LogP contribution in [0.15, 0.2) is 37.2 Å². The number of nitrogens with one attached hydrogen (secondary N) is 3. The number of fused-ring (bicyclic) bond motifs is 1. The van der Waals surface area contributed by atoms with Gasteiger partial charge in [-0.3, -0.25) is 9.89 Å². The van der Waals surface area contributed by atoms with E-state index in [4.69, 9.17) is 9.47 Å². The van der Waals surface area contributed by atoms with Crippen LogP contribution in [-0.2, 0) is 4.79 Å². The van der Waals surface area contributed by atoms with Crippen molar-refractivity contribution in [1.29, 1.82) is 0 Å². The minimum Gasteiger partial charge on any atom is -0.497 e. The molecule has 0 bridgehead atoms. The average Bonchev–Trinajstić information content (AvgIpc) is 3.51. The highest BCUT2D eigenvalue weighted by Crippen LogP contribution is 2.26. The molecule has 1 aliphatic rings. The van der Waals surface area contributed by atoms with E-state index in [2.05, 4.69) is 49.2 Å². The van der Waals surface area contributed by atoms with Crippen molar-refractivity contribution < 1.29 is 14.3 Å². The van der Waals surface area contributed by atoms with Crippen LogP contribution in [0.25, 0.3) is 11.0 Å². The largest absolute Gasteiger partial charge is 0.497 e. The number of methoxy groups -OCH3 is 2. The lowest BCUT2D eigenvalue weighted by atomic mass is 9.95. The second kappa shape index (κ2) is 9.49. The Morgan fingerprint density at radius 3 is 2.69 bits per heavy atom. The summed E-state index contributed by atoms with van der Waals surface area (Å²) in [5.74, 6) is 8.00. The molecule has 1 aliphatic heterocycles. The van der Waals surface area contributed by atoms with Gasteiger partial charge in [-0.05, 0) is 37.1 Å². The summed E-state index contributed by atoms with van der Waals surface area (Å²) in [6.45, 7) is 5.28. The molecule has 2 unspecified atom stereocenters. The van der Waals surface area contributed by atoms with Gasteiger partial charge in [-0.15, -0.1) is 0 Å². The number of rotatable bonds is 7. The van der Waals surface area contributed by atoms with Crippen molar-refractivity contribution in [3.05, 3.63) is 48.4 Å². The molecule has 1 fully saturated rings. The normalized spacial score (nSPS) is 16.1. The first kappa shape index (κ1) is 21.3. The second-order valence-electron chi connectivity index (χ2n) is 7.35. The summed E-state index contributed by atoms with van der Waals surface area (Å²) in [7, 11) is 3.17. The van der Waals surface area contributed by atoms with Crippen molar-refractivity contribution >= 4 is 22.6 Å². The number of aromatic nitrogens is 4. The summed E-state index contributed by atoms with van der Waals surface area (Å²) in [6.07, 6.45) is 3.66. The number of ketones is 1. The molecule has 3 N–H and O–H groups in total. The van der Waals surface area contributed by atoms with E-state index in [1.165, 1.54) is 12.4 Å². The van der Waals surface area contributed by atoms with Gasteiger partial charge in [0.25, 0.3) is 0 Å². The predicted octanol–water partition coefficient (Wildman–Crippen LogP) is 1.91. The molecule has 164 valence electrons. The maximum Gasteiger partial charge on any atom is 0.177 e. The Bertz CT molecular complexity index is 1180. The van der Waals surface area contributed by atoms with E-state index in [0.717, 1.165) is 19.5 Å². The summed E-state index contributed by atoms with van der Waals surface area (Å²) in [4.78, 5) is 21.2. The molecule has 0 saturated carbocycles. The van der Waals surface area contributed by atoms with E-state index < -0.39 is 6.04 Å². The summed E-state index contributed by atoms with van der Waals surface area (Å²) in [5.41, 5.74) is 1.71. The Hall–Kier alpha value is -3.90.